The summed E-state index contributed by atoms with van der Waals surface area (Å²) < 4.78 is 20.3. The molecule has 2 saturated heterocycles. The predicted octanol–water partition coefficient (Wildman–Crippen LogP) is 10.5. The normalized spacial score (nSPS) is 24.1. The van der Waals surface area contributed by atoms with E-state index in [2.05, 4.69) is 71.4 Å². The Bertz CT molecular complexity index is 3140. The van der Waals surface area contributed by atoms with Crippen LogP contribution in [0.4, 0.5) is 34.1 Å². The molecule has 4 unspecified atom stereocenters. The highest BCUT2D eigenvalue weighted by Crippen LogP contribution is 2.40. The first-order valence-corrected chi connectivity index (χ1v) is 25.1. The maximum absolute atomic E-state index is 13.3. The molecule has 2 saturated carbocycles. The van der Waals surface area contributed by atoms with E-state index < -0.39 is 16.9 Å². The molecule has 6 heterocycles. The third-order valence-electron chi connectivity index (χ3n) is 15.0. The molecule has 382 valence electrons. The number of hydrogen-bond donors (Lipinski definition) is 2. The summed E-state index contributed by atoms with van der Waals surface area (Å²) in [4.78, 5) is 69.6. The summed E-state index contributed by atoms with van der Waals surface area (Å²) >= 11 is 0. The predicted molar refractivity (Wildman–Crippen MR) is 272 cm³/mol. The molecule has 0 spiro atoms. The van der Waals surface area contributed by atoms with Gasteiger partial charge in [0.1, 0.15) is 34.7 Å². The monoisotopic (exact) mass is 996 g/mol. The first-order valence-electron chi connectivity index (χ1n) is 25.1. The third kappa shape index (κ3) is 10.1. The summed E-state index contributed by atoms with van der Waals surface area (Å²) in [7, 11) is 0. The fourth-order valence-electron chi connectivity index (χ4n) is 11.8. The zero-order valence-electron chi connectivity index (χ0n) is 41.9. The Morgan fingerprint density at radius 1 is 0.644 bits per heavy atom. The van der Waals surface area contributed by atoms with Crippen LogP contribution in [0.1, 0.15) is 101 Å². The molecule has 4 atom stereocenters. The van der Waals surface area contributed by atoms with E-state index in [1.54, 1.807) is 24.3 Å². The Hall–Kier alpha value is -7.78. The second kappa shape index (κ2) is 20.7. The van der Waals surface area contributed by atoms with Gasteiger partial charge in [-0.1, -0.05) is 41.5 Å². The lowest BCUT2D eigenvalue weighted by molar-refractivity contribution is -0.384. The minimum absolute atomic E-state index is 0.0199. The number of nitro groups is 2. The largest absolute Gasteiger partial charge is 0.459 e. The molecule has 10 rings (SSSR count). The molecule has 0 radical (unpaired) electrons. The van der Waals surface area contributed by atoms with Gasteiger partial charge in [-0.2, -0.15) is 0 Å². The zero-order chi connectivity index (χ0) is 51.8. The standard InChI is InChI=1S/C26H30N6O5.C26H30N6O4/c1-15-11-16(2)23(17(3)12-15)37-26(33)22-19(27-4)14-31-25(22)28-24(29-31)18-5-6-20(21(13-18)32(34)35)30-7-9-36-10-8-30;1-15-11-16(2)23(17(3)12-15)36-26(33)22-19(27-4)14-31-25(22)28-24(29-31)18-7-8-20(21(13-18)32(34)35)30-9-5-6-10-30/h5-6,13-17,23H,7-12H2,1-3H3,(H,28,29);7-8,13-17,23H,5-6,9-12H2,1-3H3,(H,28,29). The number of ether oxygens (including phenoxy) is 3. The van der Waals surface area contributed by atoms with Gasteiger partial charge in [0.25, 0.3) is 11.4 Å². The molecule has 2 aliphatic heterocycles. The highest BCUT2D eigenvalue weighted by atomic mass is 16.6. The van der Waals surface area contributed by atoms with Gasteiger partial charge in [-0.25, -0.2) is 29.2 Å². The van der Waals surface area contributed by atoms with Gasteiger partial charge in [-0.3, -0.25) is 39.5 Å². The maximum atomic E-state index is 13.3. The molecule has 21 nitrogen and oxygen atoms in total. The van der Waals surface area contributed by atoms with Crippen molar-refractivity contribution in [1.29, 1.82) is 0 Å². The number of rotatable bonds is 10. The molecule has 2 N–H and O–H groups in total. The van der Waals surface area contributed by atoms with Crippen molar-refractivity contribution in [3.05, 3.63) is 103 Å². The fourth-order valence-corrected chi connectivity index (χ4v) is 11.8. The summed E-state index contributed by atoms with van der Waals surface area (Å²) in [5.41, 5.74) is 3.21. The van der Waals surface area contributed by atoms with Gasteiger partial charge in [-0.15, -0.1) is 0 Å². The zero-order valence-corrected chi connectivity index (χ0v) is 41.9. The SMILES string of the molecule is [C-]#[N+]c1cn2[nH]c(-c3ccc(N4CCCC4)c([N+](=O)[O-])c3)nc2c1C(=O)OC1C(C)CC(C)CC1C.[C-]#[N+]c1cn2[nH]c(-c3ccc(N4CCOCC4)c([N+](=O)[O-])c3)nc2c1C(=O)OC1C(C)CC(C)CC1C. The molecule has 2 aromatic carbocycles. The Labute approximate surface area is 421 Å². The molecule has 0 amide bonds. The van der Waals surface area contributed by atoms with E-state index in [-0.39, 0.29) is 86.0 Å². The molecule has 4 aromatic heterocycles. The van der Waals surface area contributed by atoms with Crippen molar-refractivity contribution < 1.29 is 33.6 Å². The van der Waals surface area contributed by atoms with Crippen molar-refractivity contribution in [2.45, 2.75) is 92.3 Å². The van der Waals surface area contributed by atoms with Crippen LogP contribution < -0.4 is 9.80 Å². The van der Waals surface area contributed by atoms with Crippen molar-refractivity contribution in [2.75, 3.05) is 49.2 Å². The first-order chi connectivity index (χ1) is 35.0. The smallest absolute Gasteiger partial charge is 0.331 e. The number of esters is 2. The number of carbonyl (C=O) groups is 2. The van der Waals surface area contributed by atoms with Gasteiger partial charge in [0.2, 0.25) is 11.4 Å². The number of morpholine rings is 1. The summed E-state index contributed by atoms with van der Waals surface area (Å²) in [6, 6.07) is 10.00. The second-order valence-electron chi connectivity index (χ2n) is 20.6. The van der Waals surface area contributed by atoms with Gasteiger partial charge >= 0.3 is 11.9 Å². The first kappa shape index (κ1) is 50.2. The molecule has 73 heavy (non-hydrogen) atoms. The average Bonchev–Trinajstić information content (AvgIpc) is 4.22. The number of nitro benzene ring substituents is 2. The molecule has 6 aromatic rings. The summed E-state index contributed by atoms with van der Waals surface area (Å²) in [5, 5.41) is 29.8. The van der Waals surface area contributed by atoms with Crippen LogP contribution in [0, 0.1) is 68.9 Å². The van der Waals surface area contributed by atoms with Crippen molar-refractivity contribution in [3.63, 3.8) is 0 Å². The minimum Gasteiger partial charge on any atom is -0.459 e. The highest BCUT2D eigenvalue weighted by molar-refractivity contribution is 6.04. The number of carbonyl (C=O) groups excluding carboxylic acids is 2. The van der Waals surface area contributed by atoms with E-state index in [4.69, 9.17) is 27.4 Å². The third-order valence-corrected chi connectivity index (χ3v) is 15.0. The summed E-state index contributed by atoms with van der Waals surface area (Å²) in [5.74, 6) is 1.65. The topological polar surface area (TPSA) is 229 Å². The molecule has 21 heteroatoms. The van der Waals surface area contributed by atoms with E-state index in [1.807, 2.05) is 9.80 Å². The fraction of sp³-hybridized carbons (Fsp3) is 0.500. The molecule has 4 fully saturated rings. The molecule has 2 aliphatic carbocycles. The Balaban J connectivity index is 0.000000180. The lowest BCUT2D eigenvalue weighted by Gasteiger charge is -2.37. The number of benzene rings is 2. The lowest BCUT2D eigenvalue weighted by Crippen LogP contribution is -2.37. The van der Waals surface area contributed by atoms with Crippen molar-refractivity contribution in [1.82, 2.24) is 29.2 Å². The highest BCUT2D eigenvalue weighted by Gasteiger charge is 2.38. The van der Waals surface area contributed by atoms with E-state index >= 15 is 0 Å². The van der Waals surface area contributed by atoms with Crippen LogP contribution in [0.5, 0.6) is 0 Å². The minimum atomic E-state index is -0.571. The Kier molecular flexibility index (Phi) is 14.3. The second-order valence-corrected chi connectivity index (χ2v) is 20.6. The molecule has 0 bridgehead atoms. The number of anilines is 2. The van der Waals surface area contributed by atoms with Gasteiger partial charge in [-0.05, 0) is 98.3 Å². The number of H-pyrrole nitrogens is 2. The van der Waals surface area contributed by atoms with Crippen LogP contribution >= 0.6 is 0 Å². The number of fused-ring (bicyclic) bond motifs is 2. The molecular formula is C52H60N12O9. The van der Waals surface area contributed by atoms with E-state index in [1.165, 1.54) is 33.6 Å². The van der Waals surface area contributed by atoms with Gasteiger partial charge < -0.3 is 24.0 Å². The van der Waals surface area contributed by atoms with Crippen molar-refractivity contribution in [3.8, 4) is 22.8 Å². The van der Waals surface area contributed by atoms with Crippen LogP contribution in [0.3, 0.4) is 0 Å². The number of aromatic nitrogens is 6. The number of hydrogen-bond acceptors (Lipinski definition) is 13. The van der Waals surface area contributed by atoms with Crippen molar-refractivity contribution in [2.24, 2.45) is 35.5 Å². The van der Waals surface area contributed by atoms with Crippen LogP contribution in [0.25, 0.3) is 43.8 Å². The van der Waals surface area contributed by atoms with Crippen LogP contribution in [-0.2, 0) is 14.2 Å². The van der Waals surface area contributed by atoms with Crippen LogP contribution in [0.2, 0.25) is 0 Å². The number of aromatic amines is 2. The lowest BCUT2D eigenvalue weighted by atomic mass is 9.75. The average molecular weight is 997 g/mol. The van der Waals surface area contributed by atoms with Gasteiger partial charge in [0, 0.05) is 61.8 Å². The number of nitrogens with zero attached hydrogens (tertiary/aromatic N) is 10. The van der Waals surface area contributed by atoms with E-state index in [0.717, 1.165) is 51.6 Å². The molecular weight excluding hydrogens is 937 g/mol. The van der Waals surface area contributed by atoms with E-state index in [0.29, 0.717) is 72.3 Å². The Morgan fingerprint density at radius 3 is 1.40 bits per heavy atom. The summed E-state index contributed by atoms with van der Waals surface area (Å²) in [6.45, 7) is 31.7. The van der Waals surface area contributed by atoms with Gasteiger partial charge in [0.05, 0.1) is 36.2 Å². The number of nitrogens with one attached hydrogen (secondary N) is 2. The van der Waals surface area contributed by atoms with Crippen LogP contribution in [0.15, 0.2) is 48.8 Å². The van der Waals surface area contributed by atoms with Crippen LogP contribution in [-0.4, -0.2) is 103 Å². The summed E-state index contributed by atoms with van der Waals surface area (Å²) in [6.07, 6.45) is 8.53. The maximum Gasteiger partial charge on any atom is 0.331 e. The van der Waals surface area contributed by atoms with Gasteiger partial charge in [0.15, 0.2) is 22.9 Å². The Morgan fingerprint density at radius 2 is 1.03 bits per heavy atom. The molecule has 4 aliphatic rings. The quantitative estimate of drug-likeness (QED) is 0.0564. The van der Waals surface area contributed by atoms with Crippen molar-refractivity contribution >= 4 is 57.4 Å². The van der Waals surface area contributed by atoms with E-state index in [9.17, 15) is 29.8 Å².